The van der Waals surface area contributed by atoms with E-state index in [2.05, 4.69) is 15.6 Å². The van der Waals surface area contributed by atoms with Crippen molar-refractivity contribution in [2.24, 2.45) is 0 Å². The van der Waals surface area contributed by atoms with Gasteiger partial charge in [-0.3, -0.25) is 9.59 Å². The third-order valence-corrected chi connectivity index (χ3v) is 1.88. The van der Waals surface area contributed by atoms with Crippen molar-refractivity contribution in [2.45, 2.75) is 6.92 Å². The highest BCUT2D eigenvalue weighted by Gasteiger charge is 2.03. The molecule has 0 unspecified atom stereocenters. The standard InChI is InChI=1S/C10H15N3O2/c1-2-11-5-6-12-10(15)8-3-4-9(14)13-7-8/h3-4,7,11H,2,5-6H2,1H3,(H,12,15)(H,13,14). The summed E-state index contributed by atoms with van der Waals surface area (Å²) in [7, 11) is 0. The van der Waals surface area contributed by atoms with Crippen LogP contribution in [0.15, 0.2) is 23.1 Å². The third kappa shape index (κ3) is 3.95. The van der Waals surface area contributed by atoms with E-state index in [9.17, 15) is 9.59 Å². The lowest BCUT2D eigenvalue weighted by Crippen LogP contribution is -2.31. The van der Waals surface area contributed by atoms with Gasteiger partial charge in [0.25, 0.3) is 5.91 Å². The van der Waals surface area contributed by atoms with E-state index >= 15 is 0 Å². The molecular formula is C10H15N3O2. The Kier molecular flexibility index (Phi) is 4.56. The van der Waals surface area contributed by atoms with Gasteiger partial charge in [0, 0.05) is 25.4 Å². The average molecular weight is 209 g/mol. The van der Waals surface area contributed by atoms with Gasteiger partial charge in [0.1, 0.15) is 0 Å². The molecular weight excluding hydrogens is 194 g/mol. The molecule has 0 fully saturated rings. The van der Waals surface area contributed by atoms with E-state index in [1.165, 1.54) is 18.3 Å². The minimum Gasteiger partial charge on any atom is -0.351 e. The van der Waals surface area contributed by atoms with Crippen molar-refractivity contribution in [1.82, 2.24) is 15.6 Å². The fourth-order valence-electron chi connectivity index (χ4n) is 1.10. The summed E-state index contributed by atoms with van der Waals surface area (Å²) in [4.78, 5) is 24.7. The zero-order valence-electron chi connectivity index (χ0n) is 8.67. The highest BCUT2D eigenvalue weighted by molar-refractivity contribution is 5.93. The number of aromatic amines is 1. The number of pyridine rings is 1. The van der Waals surface area contributed by atoms with E-state index in [1.807, 2.05) is 6.92 Å². The molecule has 1 aromatic rings. The maximum atomic E-state index is 11.5. The molecule has 0 atom stereocenters. The van der Waals surface area contributed by atoms with Gasteiger partial charge in [-0.05, 0) is 12.6 Å². The summed E-state index contributed by atoms with van der Waals surface area (Å²) in [5, 5.41) is 5.82. The largest absolute Gasteiger partial charge is 0.351 e. The van der Waals surface area contributed by atoms with E-state index in [0.717, 1.165) is 13.1 Å². The number of rotatable bonds is 5. The Labute approximate surface area is 87.9 Å². The van der Waals surface area contributed by atoms with Crippen LogP contribution >= 0.6 is 0 Å². The number of amides is 1. The van der Waals surface area contributed by atoms with Crippen LogP contribution in [-0.4, -0.2) is 30.5 Å². The van der Waals surface area contributed by atoms with Gasteiger partial charge < -0.3 is 15.6 Å². The van der Waals surface area contributed by atoms with E-state index in [-0.39, 0.29) is 11.5 Å². The second-order valence-electron chi connectivity index (χ2n) is 3.05. The first-order valence-corrected chi connectivity index (χ1v) is 4.91. The molecule has 0 radical (unpaired) electrons. The number of H-pyrrole nitrogens is 1. The molecule has 15 heavy (non-hydrogen) atoms. The molecule has 82 valence electrons. The SMILES string of the molecule is CCNCCNC(=O)c1ccc(=O)[nH]c1. The van der Waals surface area contributed by atoms with Gasteiger partial charge in [-0.25, -0.2) is 0 Å². The van der Waals surface area contributed by atoms with Crippen LogP contribution in [0.25, 0.3) is 0 Å². The summed E-state index contributed by atoms with van der Waals surface area (Å²) < 4.78 is 0. The number of hydrogen-bond donors (Lipinski definition) is 3. The minimum atomic E-state index is -0.209. The van der Waals surface area contributed by atoms with Gasteiger partial charge in [-0.1, -0.05) is 6.92 Å². The van der Waals surface area contributed by atoms with Gasteiger partial charge in [-0.15, -0.1) is 0 Å². The van der Waals surface area contributed by atoms with Crippen molar-refractivity contribution in [2.75, 3.05) is 19.6 Å². The number of carbonyl (C=O) groups is 1. The van der Waals surface area contributed by atoms with Crippen LogP contribution in [0.4, 0.5) is 0 Å². The number of hydrogen-bond acceptors (Lipinski definition) is 3. The van der Waals surface area contributed by atoms with Crippen LogP contribution in [0.1, 0.15) is 17.3 Å². The normalized spacial score (nSPS) is 9.93. The van der Waals surface area contributed by atoms with Gasteiger partial charge in [0.2, 0.25) is 5.56 Å². The molecule has 0 aromatic carbocycles. The first kappa shape index (κ1) is 11.5. The second-order valence-corrected chi connectivity index (χ2v) is 3.05. The molecule has 1 heterocycles. The molecule has 0 spiro atoms. The van der Waals surface area contributed by atoms with Crippen molar-refractivity contribution in [3.05, 3.63) is 34.2 Å². The number of aromatic nitrogens is 1. The summed E-state index contributed by atoms with van der Waals surface area (Å²) in [5.41, 5.74) is 0.255. The molecule has 1 rings (SSSR count). The molecule has 0 aliphatic heterocycles. The maximum absolute atomic E-state index is 11.5. The number of nitrogens with one attached hydrogen (secondary N) is 3. The van der Waals surface area contributed by atoms with Gasteiger partial charge >= 0.3 is 0 Å². The van der Waals surface area contributed by atoms with Crippen molar-refractivity contribution >= 4 is 5.91 Å². The average Bonchev–Trinajstić information content (AvgIpc) is 2.25. The Morgan fingerprint density at radius 2 is 2.20 bits per heavy atom. The monoisotopic (exact) mass is 209 g/mol. The Bertz CT molecular complexity index is 353. The van der Waals surface area contributed by atoms with Gasteiger partial charge in [0.15, 0.2) is 0 Å². The second kappa shape index (κ2) is 5.98. The summed E-state index contributed by atoms with van der Waals surface area (Å²) >= 11 is 0. The summed E-state index contributed by atoms with van der Waals surface area (Å²) in [6.45, 7) is 4.20. The summed E-state index contributed by atoms with van der Waals surface area (Å²) in [6.07, 6.45) is 1.41. The predicted octanol–water partition coefficient (Wildman–Crippen LogP) is -0.286. The topological polar surface area (TPSA) is 74.0 Å². The first-order valence-electron chi connectivity index (χ1n) is 4.91. The highest BCUT2D eigenvalue weighted by atomic mass is 16.1. The van der Waals surface area contributed by atoms with E-state index in [0.29, 0.717) is 12.1 Å². The molecule has 3 N–H and O–H groups in total. The van der Waals surface area contributed by atoms with E-state index < -0.39 is 0 Å². The molecule has 0 saturated heterocycles. The summed E-state index contributed by atoms with van der Waals surface area (Å²) in [5.74, 6) is -0.177. The molecule has 1 aromatic heterocycles. The van der Waals surface area contributed by atoms with Gasteiger partial charge in [-0.2, -0.15) is 0 Å². The molecule has 0 aliphatic rings. The molecule has 5 heteroatoms. The lowest BCUT2D eigenvalue weighted by Gasteiger charge is -2.04. The van der Waals surface area contributed by atoms with E-state index in [1.54, 1.807) is 0 Å². The molecule has 0 aliphatic carbocycles. The molecule has 1 amide bonds. The van der Waals surface area contributed by atoms with Crippen LogP contribution < -0.4 is 16.2 Å². The fraction of sp³-hybridized carbons (Fsp3) is 0.400. The van der Waals surface area contributed by atoms with Crippen molar-refractivity contribution in [1.29, 1.82) is 0 Å². The Morgan fingerprint density at radius 3 is 2.80 bits per heavy atom. The maximum Gasteiger partial charge on any atom is 0.252 e. The van der Waals surface area contributed by atoms with Crippen LogP contribution in [0.2, 0.25) is 0 Å². The van der Waals surface area contributed by atoms with E-state index in [4.69, 9.17) is 0 Å². The summed E-state index contributed by atoms with van der Waals surface area (Å²) in [6, 6.07) is 2.83. The smallest absolute Gasteiger partial charge is 0.252 e. The van der Waals surface area contributed by atoms with Crippen molar-refractivity contribution < 1.29 is 4.79 Å². The third-order valence-electron chi connectivity index (χ3n) is 1.88. The lowest BCUT2D eigenvalue weighted by atomic mass is 10.3. The van der Waals surface area contributed by atoms with Crippen LogP contribution in [0.5, 0.6) is 0 Å². The van der Waals surface area contributed by atoms with Crippen LogP contribution in [0.3, 0.4) is 0 Å². The minimum absolute atomic E-state index is 0.177. The van der Waals surface area contributed by atoms with Crippen molar-refractivity contribution in [3.63, 3.8) is 0 Å². The van der Waals surface area contributed by atoms with Crippen LogP contribution in [-0.2, 0) is 0 Å². The fourth-order valence-corrected chi connectivity index (χ4v) is 1.10. The molecule has 0 bridgehead atoms. The Morgan fingerprint density at radius 1 is 1.40 bits per heavy atom. The van der Waals surface area contributed by atoms with Gasteiger partial charge in [0.05, 0.1) is 5.56 Å². The zero-order chi connectivity index (χ0) is 11.1. The lowest BCUT2D eigenvalue weighted by molar-refractivity contribution is 0.0953. The Hall–Kier alpha value is -1.62. The molecule has 5 nitrogen and oxygen atoms in total. The van der Waals surface area contributed by atoms with Crippen LogP contribution in [0, 0.1) is 0 Å². The highest BCUT2D eigenvalue weighted by Crippen LogP contribution is 1.91. The number of carbonyl (C=O) groups excluding carboxylic acids is 1. The Balaban J connectivity index is 2.40. The first-order chi connectivity index (χ1) is 7.24. The predicted molar refractivity (Wildman–Crippen MR) is 57.9 cm³/mol. The number of likely N-dealkylation sites (N-methyl/N-ethyl adjacent to an activating group) is 1. The molecule has 0 saturated carbocycles. The van der Waals surface area contributed by atoms with Crippen molar-refractivity contribution in [3.8, 4) is 0 Å². The zero-order valence-corrected chi connectivity index (χ0v) is 8.67. The quantitative estimate of drug-likeness (QED) is 0.584.